The van der Waals surface area contributed by atoms with E-state index in [1.54, 1.807) is 17.1 Å². The van der Waals surface area contributed by atoms with Crippen LogP contribution in [0.4, 0.5) is 0 Å². The van der Waals surface area contributed by atoms with Crippen LogP contribution in [0.5, 0.6) is 5.75 Å². The maximum Gasteiger partial charge on any atom is 0.343 e. The third-order valence-corrected chi connectivity index (χ3v) is 3.62. The fraction of sp³-hybridized carbons (Fsp3) is 0. The zero-order chi connectivity index (χ0) is 15.4. The van der Waals surface area contributed by atoms with Gasteiger partial charge in [-0.1, -0.05) is 64.5 Å². The summed E-state index contributed by atoms with van der Waals surface area (Å²) in [6, 6.07) is 20.8. The standard InChI is InChI=1S/C19H13BrO2/c20-13-12-14-8-10-16(11-9-14)19(21)22-18-7-3-5-15-4-1-2-6-17(15)18/h1-13H/b13-12-. The molecule has 0 aromatic heterocycles. The van der Waals surface area contributed by atoms with Crippen molar-refractivity contribution in [1.82, 2.24) is 0 Å². The fourth-order valence-electron chi connectivity index (χ4n) is 2.25. The molecule has 0 atom stereocenters. The molecular formula is C19H13BrO2. The molecule has 0 fully saturated rings. The van der Waals surface area contributed by atoms with Gasteiger partial charge in [-0.15, -0.1) is 0 Å². The number of ether oxygens (including phenoxy) is 1. The predicted octanol–water partition coefficient (Wildman–Crippen LogP) is 5.42. The number of hydrogen-bond donors (Lipinski definition) is 0. The van der Waals surface area contributed by atoms with Crippen LogP contribution in [-0.2, 0) is 0 Å². The molecule has 0 aliphatic rings. The number of rotatable bonds is 3. The molecule has 3 rings (SSSR count). The molecule has 0 saturated heterocycles. The molecule has 0 radical (unpaired) electrons. The molecule has 0 N–H and O–H groups in total. The summed E-state index contributed by atoms with van der Waals surface area (Å²) in [7, 11) is 0. The zero-order valence-corrected chi connectivity index (χ0v) is 13.3. The number of fused-ring (bicyclic) bond motifs is 1. The first-order chi connectivity index (χ1) is 10.8. The van der Waals surface area contributed by atoms with E-state index in [1.165, 1.54) is 0 Å². The Morgan fingerprint density at radius 2 is 1.64 bits per heavy atom. The third-order valence-electron chi connectivity index (χ3n) is 3.35. The van der Waals surface area contributed by atoms with E-state index in [4.69, 9.17) is 4.74 Å². The zero-order valence-electron chi connectivity index (χ0n) is 11.7. The quantitative estimate of drug-likeness (QED) is 0.464. The smallest absolute Gasteiger partial charge is 0.343 e. The van der Waals surface area contributed by atoms with Crippen molar-refractivity contribution in [3.63, 3.8) is 0 Å². The second-order valence-corrected chi connectivity index (χ2v) is 5.31. The summed E-state index contributed by atoms with van der Waals surface area (Å²) in [5, 5.41) is 1.97. The van der Waals surface area contributed by atoms with Crippen molar-refractivity contribution < 1.29 is 9.53 Å². The second-order valence-electron chi connectivity index (χ2n) is 4.78. The van der Waals surface area contributed by atoms with E-state index < -0.39 is 0 Å². The van der Waals surface area contributed by atoms with Crippen LogP contribution >= 0.6 is 15.9 Å². The second kappa shape index (κ2) is 6.58. The third kappa shape index (κ3) is 3.10. The first-order valence-corrected chi connectivity index (χ1v) is 7.76. The minimum Gasteiger partial charge on any atom is -0.422 e. The van der Waals surface area contributed by atoms with Crippen molar-refractivity contribution in [2.75, 3.05) is 0 Å². The number of hydrogen-bond acceptors (Lipinski definition) is 2. The first kappa shape index (κ1) is 14.5. The summed E-state index contributed by atoms with van der Waals surface area (Å²) < 4.78 is 5.55. The van der Waals surface area contributed by atoms with E-state index >= 15 is 0 Å². The highest BCUT2D eigenvalue weighted by Crippen LogP contribution is 2.26. The van der Waals surface area contributed by atoms with Gasteiger partial charge in [0.05, 0.1) is 5.56 Å². The summed E-state index contributed by atoms with van der Waals surface area (Å²) >= 11 is 3.23. The van der Waals surface area contributed by atoms with Gasteiger partial charge in [-0.2, -0.15) is 0 Å². The van der Waals surface area contributed by atoms with E-state index in [1.807, 2.05) is 60.7 Å². The van der Waals surface area contributed by atoms with Gasteiger partial charge >= 0.3 is 5.97 Å². The molecule has 2 nitrogen and oxygen atoms in total. The Hall–Kier alpha value is -2.39. The fourth-order valence-corrected chi connectivity index (χ4v) is 2.55. The number of benzene rings is 3. The van der Waals surface area contributed by atoms with Crippen molar-refractivity contribution in [3.05, 3.63) is 82.8 Å². The Kier molecular flexibility index (Phi) is 4.35. The molecule has 0 spiro atoms. The number of halogens is 1. The average Bonchev–Trinajstić information content (AvgIpc) is 2.56. The van der Waals surface area contributed by atoms with Gasteiger partial charge in [0.25, 0.3) is 0 Å². The van der Waals surface area contributed by atoms with Crippen LogP contribution < -0.4 is 4.74 Å². The predicted molar refractivity (Wildman–Crippen MR) is 93.3 cm³/mol. The number of carbonyl (C=O) groups is 1. The lowest BCUT2D eigenvalue weighted by Gasteiger charge is -2.08. The molecule has 3 heteroatoms. The molecule has 3 aromatic rings. The average molecular weight is 353 g/mol. The molecule has 0 unspecified atom stereocenters. The first-order valence-electron chi connectivity index (χ1n) is 6.85. The lowest BCUT2D eigenvalue weighted by Crippen LogP contribution is -2.08. The molecule has 0 saturated carbocycles. The largest absolute Gasteiger partial charge is 0.422 e. The molecule has 0 bridgehead atoms. The molecule has 108 valence electrons. The van der Waals surface area contributed by atoms with Crippen molar-refractivity contribution in [2.24, 2.45) is 0 Å². The summed E-state index contributed by atoms with van der Waals surface area (Å²) in [5.74, 6) is 0.221. The maximum absolute atomic E-state index is 12.3. The molecule has 0 amide bonds. The Morgan fingerprint density at radius 1 is 0.909 bits per heavy atom. The molecule has 0 aliphatic heterocycles. The Labute approximate surface area is 137 Å². The van der Waals surface area contributed by atoms with E-state index in [-0.39, 0.29) is 5.97 Å². The van der Waals surface area contributed by atoms with Gasteiger partial charge in [-0.3, -0.25) is 0 Å². The Morgan fingerprint density at radius 3 is 2.41 bits per heavy atom. The Bertz CT molecular complexity index is 830. The van der Waals surface area contributed by atoms with E-state index in [0.717, 1.165) is 16.3 Å². The summed E-state index contributed by atoms with van der Waals surface area (Å²) in [5.41, 5.74) is 1.54. The molecule has 3 aromatic carbocycles. The lowest BCUT2D eigenvalue weighted by molar-refractivity contribution is 0.0737. The molecule has 0 heterocycles. The van der Waals surface area contributed by atoms with Gasteiger partial charge in [-0.05, 0) is 40.2 Å². The highest BCUT2D eigenvalue weighted by molar-refractivity contribution is 9.11. The van der Waals surface area contributed by atoms with Crippen molar-refractivity contribution in [3.8, 4) is 5.75 Å². The highest BCUT2D eigenvalue weighted by atomic mass is 79.9. The lowest BCUT2D eigenvalue weighted by atomic mass is 10.1. The molecule has 0 aliphatic carbocycles. The molecular weight excluding hydrogens is 340 g/mol. The number of esters is 1. The van der Waals surface area contributed by atoms with Gasteiger partial charge in [0, 0.05) is 5.39 Å². The van der Waals surface area contributed by atoms with Gasteiger partial charge in [0.1, 0.15) is 5.75 Å². The normalized spacial score (nSPS) is 11.0. The van der Waals surface area contributed by atoms with Crippen LogP contribution in [0.15, 0.2) is 71.7 Å². The summed E-state index contributed by atoms with van der Waals surface area (Å²) in [6.45, 7) is 0. The minimum atomic E-state index is -0.356. The highest BCUT2D eigenvalue weighted by Gasteiger charge is 2.10. The van der Waals surface area contributed by atoms with Crippen LogP contribution in [0.1, 0.15) is 15.9 Å². The summed E-state index contributed by atoms with van der Waals surface area (Å²) in [4.78, 5) is 14.1. The monoisotopic (exact) mass is 352 g/mol. The Balaban J connectivity index is 1.86. The van der Waals surface area contributed by atoms with Crippen molar-refractivity contribution >= 4 is 38.7 Å². The van der Waals surface area contributed by atoms with E-state index in [0.29, 0.717) is 11.3 Å². The van der Waals surface area contributed by atoms with E-state index in [2.05, 4.69) is 15.9 Å². The van der Waals surface area contributed by atoms with Crippen LogP contribution in [0.25, 0.3) is 16.8 Å². The van der Waals surface area contributed by atoms with Crippen LogP contribution in [-0.4, -0.2) is 5.97 Å². The summed E-state index contributed by atoms with van der Waals surface area (Å²) in [6.07, 6.45) is 1.90. The van der Waals surface area contributed by atoms with Gasteiger partial charge in [-0.25, -0.2) is 4.79 Å². The number of carbonyl (C=O) groups excluding carboxylic acids is 1. The van der Waals surface area contributed by atoms with Gasteiger partial charge < -0.3 is 4.74 Å². The van der Waals surface area contributed by atoms with Crippen LogP contribution in [0, 0.1) is 0 Å². The van der Waals surface area contributed by atoms with Gasteiger partial charge in [0.15, 0.2) is 0 Å². The minimum absolute atomic E-state index is 0.356. The van der Waals surface area contributed by atoms with Crippen molar-refractivity contribution in [2.45, 2.75) is 0 Å². The molecule has 22 heavy (non-hydrogen) atoms. The topological polar surface area (TPSA) is 26.3 Å². The maximum atomic E-state index is 12.3. The SMILES string of the molecule is O=C(Oc1cccc2ccccc12)c1ccc(/C=C\Br)cc1. The van der Waals surface area contributed by atoms with Gasteiger partial charge in [0.2, 0.25) is 0 Å². The van der Waals surface area contributed by atoms with Crippen LogP contribution in [0.3, 0.4) is 0 Å². The van der Waals surface area contributed by atoms with E-state index in [9.17, 15) is 4.79 Å². The van der Waals surface area contributed by atoms with Crippen LogP contribution in [0.2, 0.25) is 0 Å². The van der Waals surface area contributed by atoms with Crippen molar-refractivity contribution in [1.29, 1.82) is 0 Å².